The summed E-state index contributed by atoms with van der Waals surface area (Å²) in [5, 5.41) is 11.6. The van der Waals surface area contributed by atoms with Crippen LogP contribution in [-0.4, -0.2) is 61.0 Å². The van der Waals surface area contributed by atoms with Gasteiger partial charge in [-0.05, 0) is 51.2 Å². The van der Waals surface area contributed by atoms with Gasteiger partial charge in [-0.2, -0.15) is 0 Å². The summed E-state index contributed by atoms with van der Waals surface area (Å²) in [6.45, 7) is 6.19. The largest absolute Gasteiger partial charge is 0.369 e. The molecule has 0 bridgehead atoms. The zero-order valence-corrected chi connectivity index (χ0v) is 23.9. The highest BCUT2D eigenvalue weighted by Gasteiger charge is 2.37. The minimum Gasteiger partial charge on any atom is -0.369 e. The zero-order valence-electron chi connectivity index (χ0n) is 23.9. The van der Waals surface area contributed by atoms with Crippen molar-refractivity contribution in [2.24, 2.45) is 5.92 Å². The van der Waals surface area contributed by atoms with E-state index in [4.69, 9.17) is 4.74 Å². The zero-order chi connectivity index (χ0) is 29.1. The van der Waals surface area contributed by atoms with Crippen molar-refractivity contribution in [3.05, 3.63) is 71.8 Å². The second-order valence-corrected chi connectivity index (χ2v) is 11.3. The molecule has 0 spiro atoms. The summed E-state index contributed by atoms with van der Waals surface area (Å²) >= 11 is 0. The molecule has 216 valence electrons. The van der Waals surface area contributed by atoms with Crippen LogP contribution in [-0.2, 0) is 36.8 Å². The van der Waals surface area contributed by atoms with Crippen molar-refractivity contribution in [3.8, 4) is 0 Å². The number of carbonyl (C=O) groups excluding carboxylic acids is 4. The molecule has 4 atom stereocenters. The first-order valence-corrected chi connectivity index (χ1v) is 13.9. The summed E-state index contributed by atoms with van der Waals surface area (Å²) in [6.07, 6.45) is 1.04. The van der Waals surface area contributed by atoms with Gasteiger partial charge < -0.3 is 26.0 Å². The molecular formula is C31H42N4O5. The lowest BCUT2D eigenvalue weighted by atomic mass is 9.88. The van der Waals surface area contributed by atoms with Crippen LogP contribution in [0.25, 0.3) is 0 Å². The fourth-order valence-corrected chi connectivity index (χ4v) is 4.89. The summed E-state index contributed by atoms with van der Waals surface area (Å²) in [5.41, 5.74) is 1.18. The normalized spacial score (nSPS) is 17.6. The second-order valence-electron chi connectivity index (χ2n) is 11.3. The van der Waals surface area contributed by atoms with E-state index < -0.39 is 29.6 Å². The Bertz CT molecular complexity index is 1130. The minimum atomic E-state index is -1.03. The van der Waals surface area contributed by atoms with E-state index in [9.17, 15) is 19.2 Å². The fraction of sp³-hybridized carbons (Fsp3) is 0.484. The Balaban J connectivity index is 1.84. The number of hydrogen-bond donors (Lipinski definition) is 4. The number of methoxy groups -OCH3 is 1. The number of benzene rings is 2. The van der Waals surface area contributed by atoms with Crippen molar-refractivity contribution in [2.75, 3.05) is 13.7 Å². The number of piperidine rings is 1. The molecule has 1 aliphatic heterocycles. The molecule has 1 fully saturated rings. The van der Waals surface area contributed by atoms with Gasteiger partial charge >= 0.3 is 0 Å². The number of carbonyl (C=O) groups is 4. The van der Waals surface area contributed by atoms with Gasteiger partial charge in [0.25, 0.3) is 5.91 Å². The third kappa shape index (κ3) is 9.79. The summed E-state index contributed by atoms with van der Waals surface area (Å²) < 4.78 is 5.61. The predicted octanol–water partition coefficient (Wildman–Crippen LogP) is 2.29. The highest BCUT2D eigenvalue weighted by Crippen LogP contribution is 2.21. The second kappa shape index (κ2) is 14.6. The Labute approximate surface area is 236 Å². The monoisotopic (exact) mass is 550 g/mol. The van der Waals surface area contributed by atoms with Gasteiger partial charge in [-0.15, -0.1) is 0 Å². The molecule has 0 radical (unpaired) electrons. The summed E-state index contributed by atoms with van der Waals surface area (Å²) in [5.74, 6) is -1.60. The smallest absolute Gasteiger partial charge is 0.251 e. The van der Waals surface area contributed by atoms with E-state index in [1.54, 1.807) is 0 Å². The lowest BCUT2D eigenvalue weighted by molar-refractivity contribution is -0.138. The molecule has 2 aromatic rings. The molecule has 1 unspecified atom stereocenters. The average molecular weight is 551 g/mol. The molecule has 4 amide bonds. The molecular weight excluding hydrogens is 508 g/mol. The van der Waals surface area contributed by atoms with Crippen LogP contribution in [0.3, 0.4) is 0 Å². The van der Waals surface area contributed by atoms with E-state index >= 15 is 0 Å². The fourth-order valence-electron chi connectivity index (χ4n) is 4.89. The molecule has 1 heterocycles. The van der Waals surface area contributed by atoms with Gasteiger partial charge in [0.15, 0.2) is 6.10 Å². The Hall–Kier alpha value is -3.72. The molecule has 0 aliphatic carbocycles. The van der Waals surface area contributed by atoms with Crippen LogP contribution in [0.15, 0.2) is 60.7 Å². The van der Waals surface area contributed by atoms with Gasteiger partial charge in [0.2, 0.25) is 17.7 Å². The maximum absolute atomic E-state index is 13.8. The molecule has 1 saturated heterocycles. The highest BCUT2D eigenvalue weighted by atomic mass is 16.5. The lowest BCUT2D eigenvalue weighted by Crippen LogP contribution is -2.59. The summed E-state index contributed by atoms with van der Waals surface area (Å²) in [7, 11) is 1.41. The third-order valence-corrected chi connectivity index (χ3v) is 6.78. The van der Waals surface area contributed by atoms with Gasteiger partial charge in [-0.3, -0.25) is 19.2 Å². The molecule has 2 aromatic carbocycles. The Morgan fingerprint density at radius 2 is 1.57 bits per heavy atom. The van der Waals surface area contributed by atoms with Crippen molar-refractivity contribution in [3.63, 3.8) is 0 Å². The van der Waals surface area contributed by atoms with E-state index in [2.05, 4.69) is 21.3 Å². The maximum atomic E-state index is 13.8. The summed E-state index contributed by atoms with van der Waals surface area (Å²) in [6, 6.07) is 17.0. The SMILES string of the molecule is COC(C(=O)NC(C)(C)C)[C@@H](C[C@@H]1CCCNC1=O)NC(=O)[C@H](Cc1ccccc1)NC(=O)Cc1ccccc1. The van der Waals surface area contributed by atoms with E-state index in [0.717, 1.165) is 17.5 Å². The number of nitrogens with one attached hydrogen (secondary N) is 4. The van der Waals surface area contributed by atoms with Crippen LogP contribution in [0.4, 0.5) is 0 Å². The van der Waals surface area contributed by atoms with E-state index in [-0.39, 0.29) is 42.9 Å². The molecule has 9 nitrogen and oxygen atoms in total. The first-order chi connectivity index (χ1) is 19.1. The van der Waals surface area contributed by atoms with Crippen molar-refractivity contribution < 1.29 is 23.9 Å². The number of rotatable bonds is 12. The molecule has 0 saturated carbocycles. The quantitative estimate of drug-likeness (QED) is 0.323. The van der Waals surface area contributed by atoms with E-state index in [1.165, 1.54) is 7.11 Å². The molecule has 4 N–H and O–H groups in total. The maximum Gasteiger partial charge on any atom is 0.251 e. The number of amides is 4. The molecule has 9 heteroatoms. The van der Waals surface area contributed by atoms with Crippen molar-refractivity contribution in [2.45, 2.75) is 76.6 Å². The van der Waals surface area contributed by atoms with E-state index in [0.29, 0.717) is 13.0 Å². The Morgan fingerprint density at radius 3 is 2.15 bits per heavy atom. The van der Waals surface area contributed by atoms with Gasteiger partial charge in [0.05, 0.1) is 12.5 Å². The van der Waals surface area contributed by atoms with E-state index in [1.807, 2.05) is 81.4 Å². The first kappa shape index (κ1) is 30.8. The van der Waals surface area contributed by atoms with Gasteiger partial charge in [-0.1, -0.05) is 60.7 Å². The lowest BCUT2D eigenvalue weighted by Gasteiger charge is -2.33. The highest BCUT2D eigenvalue weighted by molar-refractivity contribution is 5.90. The van der Waals surface area contributed by atoms with Crippen LogP contribution in [0.2, 0.25) is 0 Å². The first-order valence-electron chi connectivity index (χ1n) is 13.9. The molecule has 40 heavy (non-hydrogen) atoms. The van der Waals surface area contributed by atoms with Crippen LogP contribution in [0.5, 0.6) is 0 Å². The summed E-state index contributed by atoms with van der Waals surface area (Å²) in [4.78, 5) is 52.6. The predicted molar refractivity (Wildman–Crippen MR) is 153 cm³/mol. The van der Waals surface area contributed by atoms with Crippen LogP contribution in [0.1, 0.15) is 51.2 Å². The van der Waals surface area contributed by atoms with Crippen LogP contribution < -0.4 is 21.3 Å². The third-order valence-electron chi connectivity index (χ3n) is 6.78. The van der Waals surface area contributed by atoms with Gasteiger partial charge in [0, 0.05) is 31.5 Å². The van der Waals surface area contributed by atoms with Crippen molar-refractivity contribution in [1.82, 2.24) is 21.3 Å². The number of hydrogen-bond acceptors (Lipinski definition) is 5. The minimum absolute atomic E-state index is 0.103. The van der Waals surface area contributed by atoms with Crippen molar-refractivity contribution >= 4 is 23.6 Å². The Morgan fingerprint density at radius 1 is 0.950 bits per heavy atom. The average Bonchev–Trinajstić information content (AvgIpc) is 2.90. The molecule has 0 aromatic heterocycles. The Kier molecular flexibility index (Phi) is 11.3. The number of ether oxygens (including phenoxy) is 1. The molecule has 3 rings (SSSR count). The standard InChI is InChI=1S/C31H42N4O5/c1-31(2,3)35-30(39)27(40-4)24(20-23-16-11-17-32-28(23)37)34-29(38)25(18-21-12-7-5-8-13-21)33-26(36)19-22-14-9-6-10-15-22/h5-10,12-15,23-25,27H,11,16-20H2,1-4H3,(H,32,37)(H,33,36)(H,34,38)(H,35,39)/t23-,24+,25-,27?/m0/s1. The topological polar surface area (TPSA) is 126 Å². The van der Waals surface area contributed by atoms with Crippen LogP contribution in [0, 0.1) is 5.92 Å². The van der Waals surface area contributed by atoms with Crippen LogP contribution >= 0.6 is 0 Å². The van der Waals surface area contributed by atoms with Crippen molar-refractivity contribution in [1.29, 1.82) is 0 Å². The van der Waals surface area contributed by atoms with Gasteiger partial charge in [0.1, 0.15) is 6.04 Å². The van der Waals surface area contributed by atoms with Gasteiger partial charge in [-0.25, -0.2) is 0 Å². The molecule has 1 aliphatic rings.